The molecule has 2 aromatic rings. The summed E-state index contributed by atoms with van der Waals surface area (Å²) < 4.78 is 0. The van der Waals surface area contributed by atoms with Gasteiger partial charge in [0.25, 0.3) is 0 Å². The monoisotopic (exact) mass is 230 g/mol. The van der Waals surface area contributed by atoms with E-state index in [4.69, 9.17) is 17.2 Å². The summed E-state index contributed by atoms with van der Waals surface area (Å²) in [6, 6.07) is 9.87. The average Bonchev–Trinajstić information content (AvgIpc) is 2.33. The van der Waals surface area contributed by atoms with Gasteiger partial charge >= 0.3 is 0 Å². The molecule has 0 aliphatic carbocycles. The molecule has 0 saturated carbocycles. The number of nitrogens with two attached hydrogens (primary N) is 3. The van der Waals surface area contributed by atoms with Crippen LogP contribution in [0, 0.1) is 0 Å². The van der Waals surface area contributed by atoms with Gasteiger partial charge in [-0.05, 0) is 5.56 Å². The first kappa shape index (κ1) is 11.0. The third-order valence-corrected chi connectivity index (χ3v) is 2.30. The van der Waals surface area contributed by atoms with E-state index in [0.717, 1.165) is 5.56 Å². The van der Waals surface area contributed by atoms with Gasteiger partial charge in [0.15, 0.2) is 11.6 Å². The topological polar surface area (TPSA) is 116 Å². The minimum absolute atomic E-state index is 0.104. The Hall–Kier alpha value is -2.50. The van der Waals surface area contributed by atoms with Crippen molar-refractivity contribution in [3.05, 3.63) is 35.9 Å². The molecule has 0 atom stereocenters. The Kier molecular flexibility index (Phi) is 2.95. The van der Waals surface area contributed by atoms with Crippen LogP contribution in [0.2, 0.25) is 0 Å². The van der Waals surface area contributed by atoms with Gasteiger partial charge in [0.05, 0.1) is 0 Å². The van der Waals surface area contributed by atoms with Gasteiger partial charge in [-0.2, -0.15) is 9.97 Å². The SMILES string of the molecule is Nc1nc(N)c(N)c(NCc2ccccc2)n1. The minimum atomic E-state index is 0.104. The smallest absolute Gasteiger partial charge is 0.224 e. The van der Waals surface area contributed by atoms with Crippen molar-refractivity contribution >= 4 is 23.3 Å². The Balaban J connectivity index is 2.14. The fourth-order valence-electron chi connectivity index (χ4n) is 1.42. The molecule has 0 fully saturated rings. The van der Waals surface area contributed by atoms with Crippen LogP contribution in [0.1, 0.15) is 5.56 Å². The molecule has 0 bridgehead atoms. The van der Waals surface area contributed by atoms with Crippen molar-refractivity contribution in [1.82, 2.24) is 9.97 Å². The molecule has 0 aliphatic heterocycles. The average molecular weight is 230 g/mol. The Bertz CT molecular complexity index is 511. The maximum absolute atomic E-state index is 5.75. The number of nitrogens with one attached hydrogen (secondary N) is 1. The van der Waals surface area contributed by atoms with Crippen molar-refractivity contribution in [2.45, 2.75) is 6.54 Å². The summed E-state index contributed by atoms with van der Waals surface area (Å²) >= 11 is 0. The molecule has 0 saturated heterocycles. The molecule has 1 aromatic carbocycles. The standard InChI is InChI=1S/C11H14N6/c12-8-9(13)16-11(14)17-10(8)15-6-7-4-2-1-3-5-7/h1-5H,6,12H2,(H5,13,14,15,16,17). The zero-order valence-electron chi connectivity index (χ0n) is 9.22. The van der Waals surface area contributed by atoms with Crippen molar-refractivity contribution in [3.8, 4) is 0 Å². The zero-order chi connectivity index (χ0) is 12.3. The lowest BCUT2D eigenvalue weighted by molar-refractivity contribution is 1.10. The maximum atomic E-state index is 5.75. The van der Waals surface area contributed by atoms with E-state index < -0.39 is 0 Å². The molecule has 0 spiro atoms. The van der Waals surface area contributed by atoms with E-state index in [1.807, 2.05) is 30.3 Å². The van der Waals surface area contributed by atoms with Crippen LogP contribution in [0.5, 0.6) is 0 Å². The normalized spacial score (nSPS) is 10.1. The molecule has 0 radical (unpaired) electrons. The summed E-state index contributed by atoms with van der Waals surface area (Å²) in [6.45, 7) is 0.598. The second-order valence-corrected chi connectivity index (χ2v) is 3.57. The summed E-state index contributed by atoms with van der Waals surface area (Å²) in [5, 5.41) is 3.07. The Labute approximate surface area is 98.9 Å². The summed E-state index contributed by atoms with van der Waals surface area (Å²) in [4.78, 5) is 7.77. The largest absolute Gasteiger partial charge is 0.393 e. The van der Waals surface area contributed by atoms with E-state index in [1.165, 1.54) is 0 Å². The molecule has 1 aromatic heterocycles. The van der Waals surface area contributed by atoms with Crippen molar-refractivity contribution in [2.75, 3.05) is 22.5 Å². The molecule has 1 heterocycles. The quantitative estimate of drug-likeness (QED) is 0.620. The van der Waals surface area contributed by atoms with Crippen LogP contribution in [0.25, 0.3) is 0 Å². The van der Waals surface area contributed by atoms with E-state index in [9.17, 15) is 0 Å². The highest BCUT2D eigenvalue weighted by Crippen LogP contribution is 2.22. The molecular formula is C11H14N6. The van der Waals surface area contributed by atoms with Crippen molar-refractivity contribution < 1.29 is 0 Å². The van der Waals surface area contributed by atoms with Crippen LogP contribution < -0.4 is 22.5 Å². The van der Waals surface area contributed by atoms with Gasteiger partial charge in [0.2, 0.25) is 5.95 Å². The lowest BCUT2D eigenvalue weighted by Crippen LogP contribution is -2.10. The predicted octanol–water partition coefficient (Wildman–Crippen LogP) is 0.835. The number of rotatable bonds is 3. The molecule has 88 valence electrons. The summed E-state index contributed by atoms with van der Waals surface area (Å²) in [5.41, 5.74) is 18.3. The second kappa shape index (κ2) is 4.56. The Morgan fingerprint density at radius 2 is 1.71 bits per heavy atom. The molecule has 0 unspecified atom stereocenters. The van der Waals surface area contributed by atoms with Crippen LogP contribution in [-0.2, 0) is 6.54 Å². The lowest BCUT2D eigenvalue weighted by Gasteiger charge is -2.10. The first-order chi connectivity index (χ1) is 8.16. The summed E-state index contributed by atoms with van der Waals surface area (Å²) in [7, 11) is 0. The zero-order valence-corrected chi connectivity index (χ0v) is 9.22. The van der Waals surface area contributed by atoms with Crippen molar-refractivity contribution in [3.63, 3.8) is 0 Å². The number of hydrogen-bond donors (Lipinski definition) is 4. The molecule has 0 aliphatic rings. The summed E-state index contributed by atoms with van der Waals surface area (Å²) in [5.74, 6) is 0.749. The molecule has 17 heavy (non-hydrogen) atoms. The highest BCUT2D eigenvalue weighted by molar-refractivity contribution is 5.74. The highest BCUT2D eigenvalue weighted by Gasteiger charge is 2.07. The molecule has 7 N–H and O–H groups in total. The van der Waals surface area contributed by atoms with Gasteiger partial charge in [-0.15, -0.1) is 0 Å². The van der Waals surface area contributed by atoms with E-state index >= 15 is 0 Å². The number of nitrogen functional groups attached to an aromatic ring is 3. The third-order valence-electron chi connectivity index (χ3n) is 2.30. The molecular weight excluding hydrogens is 216 g/mol. The third kappa shape index (κ3) is 2.54. The van der Waals surface area contributed by atoms with Gasteiger partial charge in [0.1, 0.15) is 5.69 Å². The highest BCUT2D eigenvalue weighted by atomic mass is 15.1. The van der Waals surface area contributed by atoms with Gasteiger partial charge in [-0.3, -0.25) is 0 Å². The van der Waals surface area contributed by atoms with E-state index in [2.05, 4.69) is 15.3 Å². The fourth-order valence-corrected chi connectivity index (χ4v) is 1.42. The minimum Gasteiger partial charge on any atom is -0.393 e. The maximum Gasteiger partial charge on any atom is 0.224 e. The number of aromatic nitrogens is 2. The fraction of sp³-hybridized carbons (Fsp3) is 0.0909. The number of anilines is 4. The number of hydrogen-bond acceptors (Lipinski definition) is 6. The van der Waals surface area contributed by atoms with Gasteiger partial charge in [-0.25, -0.2) is 0 Å². The first-order valence-corrected chi connectivity index (χ1v) is 5.13. The van der Waals surface area contributed by atoms with Crippen LogP contribution in [0.15, 0.2) is 30.3 Å². The van der Waals surface area contributed by atoms with Gasteiger partial charge in [0, 0.05) is 6.54 Å². The van der Waals surface area contributed by atoms with Crippen LogP contribution in [0.4, 0.5) is 23.3 Å². The number of nitrogens with zero attached hydrogens (tertiary/aromatic N) is 2. The van der Waals surface area contributed by atoms with Crippen LogP contribution >= 0.6 is 0 Å². The molecule has 6 heteroatoms. The Morgan fingerprint density at radius 1 is 1.00 bits per heavy atom. The molecule has 0 amide bonds. The van der Waals surface area contributed by atoms with Crippen molar-refractivity contribution in [2.24, 2.45) is 0 Å². The Morgan fingerprint density at radius 3 is 2.41 bits per heavy atom. The van der Waals surface area contributed by atoms with Crippen molar-refractivity contribution in [1.29, 1.82) is 0 Å². The molecule has 2 rings (SSSR count). The predicted molar refractivity (Wildman–Crippen MR) is 69.0 cm³/mol. The summed E-state index contributed by atoms with van der Waals surface area (Å²) in [6.07, 6.45) is 0. The van der Waals surface area contributed by atoms with Gasteiger partial charge < -0.3 is 22.5 Å². The van der Waals surface area contributed by atoms with Crippen LogP contribution in [-0.4, -0.2) is 9.97 Å². The van der Waals surface area contributed by atoms with E-state index in [1.54, 1.807) is 0 Å². The lowest BCUT2D eigenvalue weighted by atomic mass is 10.2. The second-order valence-electron chi connectivity index (χ2n) is 3.57. The molecule has 6 nitrogen and oxygen atoms in total. The number of benzene rings is 1. The van der Waals surface area contributed by atoms with E-state index in [-0.39, 0.29) is 11.8 Å². The van der Waals surface area contributed by atoms with Crippen LogP contribution in [0.3, 0.4) is 0 Å². The van der Waals surface area contributed by atoms with E-state index in [0.29, 0.717) is 18.1 Å². The van der Waals surface area contributed by atoms with Gasteiger partial charge in [-0.1, -0.05) is 30.3 Å². The first-order valence-electron chi connectivity index (χ1n) is 5.13.